The lowest BCUT2D eigenvalue weighted by Crippen LogP contribution is -2.38. The fraction of sp³-hybridized carbons (Fsp3) is 0.381. The van der Waals surface area contributed by atoms with Crippen molar-refractivity contribution in [1.29, 1.82) is 0 Å². The van der Waals surface area contributed by atoms with Crippen LogP contribution in [0.2, 0.25) is 5.02 Å². The van der Waals surface area contributed by atoms with Gasteiger partial charge in [0.05, 0.1) is 5.02 Å². The third-order valence-electron chi connectivity index (χ3n) is 4.33. The normalized spacial score (nSPS) is 11.5. The van der Waals surface area contributed by atoms with E-state index in [-0.39, 0.29) is 28.2 Å². The van der Waals surface area contributed by atoms with E-state index in [2.05, 4.69) is 0 Å². The van der Waals surface area contributed by atoms with Gasteiger partial charge >= 0.3 is 10.1 Å². The van der Waals surface area contributed by atoms with E-state index in [4.69, 9.17) is 20.5 Å². The molecular weight excluding hydrogens is 428 g/mol. The van der Waals surface area contributed by atoms with E-state index in [0.717, 1.165) is 5.56 Å². The van der Waals surface area contributed by atoms with Crippen LogP contribution in [0, 0.1) is 6.92 Å². The van der Waals surface area contributed by atoms with Gasteiger partial charge in [-0.05, 0) is 50.3 Å². The number of methoxy groups -OCH3 is 1. The molecule has 0 bridgehead atoms. The molecule has 0 N–H and O–H groups in total. The number of hydrogen-bond acceptors (Lipinski definition) is 6. The van der Waals surface area contributed by atoms with Crippen molar-refractivity contribution in [3.05, 3.63) is 58.6 Å². The minimum absolute atomic E-state index is 0.0240. The lowest BCUT2D eigenvalue weighted by molar-refractivity contribution is -0.135. The largest absolute Gasteiger partial charge is 0.379 e. The summed E-state index contributed by atoms with van der Waals surface area (Å²) in [6.07, 6.45) is 0. The van der Waals surface area contributed by atoms with Crippen LogP contribution < -0.4 is 4.18 Å². The van der Waals surface area contributed by atoms with Crippen LogP contribution in [-0.4, -0.2) is 65.0 Å². The molecule has 7 nitrogen and oxygen atoms in total. The topological polar surface area (TPSA) is 76.2 Å². The van der Waals surface area contributed by atoms with Crippen molar-refractivity contribution in [2.45, 2.75) is 18.4 Å². The minimum atomic E-state index is -4.11. The molecule has 0 aliphatic carbocycles. The smallest absolute Gasteiger partial charge is 0.340 e. The molecule has 0 heterocycles. The third-order valence-corrected chi connectivity index (χ3v) is 6.21. The van der Waals surface area contributed by atoms with Gasteiger partial charge < -0.3 is 18.7 Å². The number of rotatable bonds is 10. The van der Waals surface area contributed by atoms with E-state index in [1.54, 1.807) is 42.2 Å². The van der Waals surface area contributed by atoms with Crippen molar-refractivity contribution in [3.63, 3.8) is 0 Å². The van der Waals surface area contributed by atoms with Gasteiger partial charge in [0.1, 0.15) is 17.3 Å². The standard InChI is InChI=1S/C21H27ClN2O5S/c1-16-7-5-10-19(22)21(16)30(26,27)29-18-9-6-8-17(13-18)14-24(12-11-23(2)3)20(25)15-28-4/h5-10,13H,11-12,14-15H2,1-4H3. The first-order valence-electron chi connectivity index (χ1n) is 9.34. The second-order valence-corrected chi connectivity index (χ2v) is 9.01. The average Bonchev–Trinajstić information content (AvgIpc) is 2.64. The molecular formula is C21H27ClN2O5S. The van der Waals surface area contributed by atoms with Crippen LogP contribution >= 0.6 is 11.6 Å². The summed E-state index contributed by atoms with van der Waals surface area (Å²) < 4.78 is 35.8. The number of ether oxygens (including phenoxy) is 1. The molecule has 0 spiro atoms. The highest BCUT2D eigenvalue weighted by Crippen LogP contribution is 2.28. The van der Waals surface area contributed by atoms with E-state index in [1.165, 1.54) is 13.2 Å². The van der Waals surface area contributed by atoms with E-state index in [0.29, 0.717) is 25.2 Å². The Kier molecular flexibility index (Phi) is 8.66. The summed E-state index contributed by atoms with van der Waals surface area (Å²) >= 11 is 6.09. The quantitative estimate of drug-likeness (QED) is 0.514. The molecule has 2 aromatic rings. The highest BCUT2D eigenvalue weighted by Gasteiger charge is 2.23. The van der Waals surface area contributed by atoms with Crippen LogP contribution in [0.15, 0.2) is 47.4 Å². The summed E-state index contributed by atoms with van der Waals surface area (Å²) in [5, 5.41) is 0.103. The Hall–Kier alpha value is -2.13. The van der Waals surface area contributed by atoms with Gasteiger partial charge in [-0.15, -0.1) is 0 Å². The van der Waals surface area contributed by atoms with Gasteiger partial charge in [-0.2, -0.15) is 8.42 Å². The molecule has 164 valence electrons. The molecule has 30 heavy (non-hydrogen) atoms. The second-order valence-electron chi connectivity index (χ2n) is 7.12. The molecule has 1 amide bonds. The first-order valence-corrected chi connectivity index (χ1v) is 11.1. The van der Waals surface area contributed by atoms with Gasteiger partial charge in [0, 0.05) is 26.7 Å². The van der Waals surface area contributed by atoms with Crippen molar-refractivity contribution in [2.24, 2.45) is 0 Å². The average molecular weight is 455 g/mol. The Bertz CT molecular complexity index is 959. The third kappa shape index (κ3) is 6.70. The summed E-state index contributed by atoms with van der Waals surface area (Å²) in [7, 11) is 1.22. The van der Waals surface area contributed by atoms with Crippen LogP contribution in [0.3, 0.4) is 0 Å². The predicted molar refractivity (Wildman–Crippen MR) is 116 cm³/mol. The Morgan fingerprint density at radius 1 is 1.10 bits per heavy atom. The fourth-order valence-corrected chi connectivity index (χ4v) is 4.56. The lowest BCUT2D eigenvalue weighted by atomic mass is 10.2. The van der Waals surface area contributed by atoms with Crippen molar-refractivity contribution >= 4 is 27.6 Å². The zero-order chi connectivity index (χ0) is 22.3. The van der Waals surface area contributed by atoms with Crippen LogP contribution in [0.25, 0.3) is 0 Å². The first-order chi connectivity index (χ1) is 14.1. The number of amides is 1. The van der Waals surface area contributed by atoms with Gasteiger partial charge in [0.25, 0.3) is 0 Å². The summed E-state index contributed by atoms with van der Waals surface area (Å²) in [6.45, 7) is 3.13. The van der Waals surface area contributed by atoms with Gasteiger partial charge in [0.2, 0.25) is 5.91 Å². The van der Waals surface area contributed by atoms with Crippen LogP contribution in [0.5, 0.6) is 5.75 Å². The molecule has 0 aliphatic rings. The highest BCUT2D eigenvalue weighted by molar-refractivity contribution is 7.87. The highest BCUT2D eigenvalue weighted by atomic mass is 35.5. The maximum atomic E-state index is 12.8. The van der Waals surface area contributed by atoms with Gasteiger partial charge in [-0.1, -0.05) is 35.9 Å². The zero-order valence-electron chi connectivity index (χ0n) is 17.6. The van der Waals surface area contributed by atoms with E-state index in [9.17, 15) is 13.2 Å². The van der Waals surface area contributed by atoms with Gasteiger partial charge in [-0.25, -0.2) is 0 Å². The van der Waals surface area contributed by atoms with E-state index < -0.39 is 10.1 Å². The van der Waals surface area contributed by atoms with Crippen LogP contribution in [-0.2, 0) is 26.2 Å². The fourth-order valence-electron chi connectivity index (χ4n) is 2.85. The molecule has 0 aliphatic heterocycles. The molecule has 2 aromatic carbocycles. The summed E-state index contributed by atoms with van der Waals surface area (Å²) in [5.41, 5.74) is 1.24. The predicted octanol–water partition coefficient (Wildman–Crippen LogP) is 2.95. The SMILES string of the molecule is COCC(=O)N(CCN(C)C)Cc1cccc(OS(=O)(=O)c2c(C)cccc2Cl)c1. The molecule has 0 radical (unpaired) electrons. The lowest BCUT2D eigenvalue weighted by Gasteiger charge is -2.24. The maximum Gasteiger partial charge on any atom is 0.340 e. The van der Waals surface area contributed by atoms with E-state index in [1.807, 2.05) is 25.1 Å². The number of benzene rings is 2. The van der Waals surface area contributed by atoms with Gasteiger partial charge in [-0.3, -0.25) is 4.79 Å². The zero-order valence-corrected chi connectivity index (χ0v) is 19.2. The number of carbonyl (C=O) groups excluding carboxylic acids is 1. The number of hydrogen-bond donors (Lipinski definition) is 0. The molecule has 0 fully saturated rings. The van der Waals surface area contributed by atoms with Gasteiger partial charge in [0.15, 0.2) is 0 Å². The van der Waals surface area contributed by atoms with Crippen LogP contribution in [0.1, 0.15) is 11.1 Å². The molecule has 0 atom stereocenters. The Balaban J connectivity index is 2.23. The monoisotopic (exact) mass is 454 g/mol. The molecule has 0 saturated carbocycles. The molecule has 0 aromatic heterocycles. The number of aryl methyl sites for hydroxylation is 1. The van der Waals surface area contributed by atoms with Crippen LogP contribution in [0.4, 0.5) is 0 Å². The van der Waals surface area contributed by atoms with E-state index >= 15 is 0 Å². The molecule has 0 saturated heterocycles. The number of likely N-dealkylation sites (N-methyl/N-ethyl adjacent to an activating group) is 1. The Morgan fingerprint density at radius 2 is 1.80 bits per heavy atom. The maximum absolute atomic E-state index is 12.8. The van der Waals surface area contributed by atoms with Crippen molar-refractivity contribution < 1.29 is 22.1 Å². The van der Waals surface area contributed by atoms with Crippen molar-refractivity contribution in [1.82, 2.24) is 9.80 Å². The Morgan fingerprint density at radius 3 is 2.43 bits per heavy atom. The van der Waals surface area contributed by atoms with Crippen molar-refractivity contribution in [2.75, 3.05) is 40.9 Å². The molecule has 2 rings (SSSR count). The molecule has 0 unspecified atom stereocenters. The Labute approximate surface area is 183 Å². The second kappa shape index (κ2) is 10.8. The minimum Gasteiger partial charge on any atom is -0.379 e. The molecule has 9 heteroatoms. The number of nitrogens with zero attached hydrogens (tertiary/aromatic N) is 2. The van der Waals surface area contributed by atoms with Crippen molar-refractivity contribution in [3.8, 4) is 5.75 Å². The summed E-state index contributed by atoms with van der Waals surface area (Å²) in [4.78, 5) is 16.0. The summed E-state index contributed by atoms with van der Waals surface area (Å²) in [6, 6.07) is 11.5. The number of carbonyl (C=O) groups is 1. The first kappa shape index (κ1) is 24.1. The number of halogens is 1. The summed E-state index contributed by atoms with van der Waals surface area (Å²) in [5.74, 6) is 0.00329.